The summed E-state index contributed by atoms with van der Waals surface area (Å²) in [4.78, 5) is 0. The Bertz CT molecular complexity index is 108. The molecule has 0 bridgehead atoms. The Kier molecular flexibility index (Phi) is 5.94. The van der Waals surface area contributed by atoms with Gasteiger partial charge in [-0.25, -0.2) is 0 Å². The molecule has 0 aliphatic rings. The molecule has 12 heavy (non-hydrogen) atoms. The van der Waals surface area contributed by atoms with E-state index in [1.807, 2.05) is 0 Å². The van der Waals surface area contributed by atoms with Crippen molar-refractivity contribution in [3.8, 4) is 0 Å². The molecule has 1 nitrogen and oxygen atoms in total. The van der Waals surface area contributed by atoms with E-state index in [1.165, 1.54) is 12.8 Å². The minimum atomic E-state index is 0.0874. The van der Waals surface area contributed by atoms with E-state index in [0.717, 1.165) is 12.5 Å². The molecule has 74 valence electrons. The summed E-state index contributed by atoms with van der Waals surface area (Å²) in [5.41, 5.74) is 0.0874. The van der Waals surface area contributed by atoms with Gasteiger partial charge in [-0.3, -0.25) is 0 Å². The number of rotatable bonds is 6. The number of hydrogen-bond acceptors (Lipinski definition) is 1. The first-order chi connectivity index (χ1) is 5.55. The molecule has 0 unspecified atom stereocenters. The van der Waals surface area contributed by atoms with E-state index in [4.69, 9.17) is 11.6 Å². The summed E-state index contributed by atoms with van der Waals surface area (Å²) in [6.07, 6.45) is 2.50. The summed E-state index contributed by atoms with van der Waals surface area (Å²) in [6.45, 7) is 9.85. The first-order valence-electron chi connectivity index (χ1n) is 4.86. The van der Waals surface area contributed by atoms with Crippen LogP contribution < -0.4 is 5.32 Å². The smallest absolute Gasteiger partial charge is 0.0400 e. The Hall–Kier alpha value is 0.250. The second kappa shape index (κ2) is 5.82. The summed E-state index contributed by atoms with van der Waals surface area (Å²) >= 11 is 5.80. The van der Waals surface area contributed by atoms with Crippen LogP contribution in [0.1, 0.15) is 40.5 Å². The van der Waals surface area contributed by atoms with Crippen LogP contribution in [0.3, 0.4) is 0 Å². The Balaban J connectivity index is 3.65. The number of halogens is 1. The maximum atomic E-state index is 5.80. The fourth-order valence-corrected chi connectivity index (χ4v) is 1.14. The molecule has 0 atom stereocenters. The maximum absolute atomic E-state index is 5.80. The molecule has 0 amide bonds. The maximum Gasteiger partial charge on any atom is 0.0400 e. The Morgan fingerprint density at radius 2 is 1.75 bits per heavy atom. The number of alkyl halides is 1. The average molecular weight is 192 g/mol. The van der Waals surface area contributed by atoms with Crippen molar-refractivity contribution in [2.45, 2.75) is 46.1 Å². The fourth-order valence-electron chi connectivity index (χ4n) is 1.05. The minimum Gasteiger partial charge on any atom is -0.310 e. The highest BCUT2D eigenvalue weighted by atomic mass is 35.5. The first-order valence-corrected chi connectivity index (χ1v) is 5.40. The normalized spacial score (nSPS) is 12.5. The molecule has 0 saturated carbocycles. The molecular formula is C10H22ClN. The zero-order chi connectivity index (χ0) is 9.61. The van der Waals surface area contributed by atoms with Crippen LogP contribution in [0, 0.1) is 5.92 Å². The van der Waals surface area contributed by atoms with E-state index in [2.05, 4.69) is 33.0 Å². The van der Waals surface area contributed by atoms with Crippen LogP contribution in [0.4, 0.5) is 0 Å². The van der Waals surface area contributed by atoms with Gasteiger partial charge in [0.05, 0.1) is 0 Å². The van der Waals surface area contributed by atoms with E-state index in [0.29, 0.717) is 5.88 Å². The monoisotopic (exact) mass is 191 g/mol. The van der Waals surface area contributed by atoms with Crippen molar-refractivity contribution in [2.24, 2.45) is 5.92 Å². The highest BCUT2D eigenvalue weighted by Gasteiger charge is 2.16. The Morgan fingerprint density at radius 1 is 1.25 bits per heavy atom. The summed E-state index contributed by atoms with van der Waals surface area (Å²) in [5.74, 6) is 1.47. The van der Waals surface area contributed by atoms with E-state index < -0.39 is 0 Å². The van der Waals surface area contributed by atoms with Gasteiger partial charge in [0.1, 0.15) is 0 Å². The molecule has 0 rings (SSSR count). The van der Waals surface area contributed by atoms with Crippen LogP contribution in [0.2, 0.25) is 0 Å². The molecule has 0 aromatic rings. The molecule has 0 heterocycles. The molecule has 1 N–H and O–H groups in total. The molecule has 0 aliphatic heterocycles. The van der Waals surface area contributed by atoms with Crippen LogP contribution in [-0.4, -0.2) is 18.0 Å². The third-order valence-electron chi connectivity index (χ3n) is 2.36. The van der Waals surface area contributed by atoms with E-state index in [-0.39, 0.29) is 5.54 Å². The van der Waals surface area contributed by atoms with Gasteiger partial charge in [-0.1, -0.05) is 26.7 Å². The number of nitrogens with one attached hydrogen (secondary N) is 1. The molecule has 2 heteroatoms. The lowest BCUT2D eigenvalue weighted by molar-refractivity contribution is 0.362. The van der Waals surface area contributed by atoms with Gasteiger partial charge in [0.25, 0.3) is 0 Å². The van der Waals surface area contributed by atoms with Crippen molar-refractivity contribution in [3.63, 3.8) is 0 Å². The van der Waals surface area contributed by atoms with Crippen LogP contribution in [0.15, 0.2) is 0 Å². The lowest BCUT2D eigenvalue weighted by Crippen LogP contribution is -2.43. The minimum absolute atomic E-state index is 0.0874. The van der Waals surface area contributed by atoms with Gasteiger partial charge in [-0.2, -0.15) is 0 Å². The summed E-state index contributed by atoms with van der Waals surface area (Å²) in [6, 6.07) is 0. The van der Waals surface area contributed by atoms with Gasteiger partial charge < -0.3 is 5.32 Å². The predicted molar refractivity (Wildman–Crippen MR) is 56.9 cm³/mol. The van der Waals surface area contributed by atoms with E-state index in [9.17, 15) is 0 Å². The fraction of sp³-hybridized carbons (Fsp3) is 1.00. The van der Waals surface area contributed by atoms with Crippen molar-refractivity contribution in [2.75, 3.05) is 12.4 Å². The van der Waals surface area contributed by atoms with E-state index in [1.54, 1.807) is 0 Å². The molecular weight excluding hydrogens is 170 g/mol. The highest BCUT2D eigenvalue weighted by Crippen LogP contribution is 2.09. The topological polar surface area (TPSA) is 12.0 Å². The number of hydrogen-bond donors (Lipinski definition) is 1. The zero-order valence-corrected chi connectivity index (χ0v) is 9.54. The molecule has 0 aromatic heterocycles. The zero-order valence-electron chi connectivity index (χ0n) is 8.78. The van der Waals surface area contributed by atoms with Crippen LogP contribution >= 0.6 is 11.6 Å². The largest absolute Gasteiger partial charge is 0.310 e. The van der Waals surface area contributed by atoms with Gasteiger partial charge in [-0.15, -0.1) is 11.6 Å². The summed E-state index contributed by atoms with van der Waals surface area (Å²) in [7, 11) is 0. The lowest BCUT2D eigenvalue weighted by atomic mass is 10.0. The van der Waals surface area contributed by atoms with Crippen molar-refractivity contribution in [1.29, 1.82) is 0 Å². The third-order valence-corrected chi connectivity index (χ3v) is 3.03. The molecule has 0 spiro atoms. The van der Waals surface area contributed by atoms with Crippen LogP contribution in [-0.2, 0) is 0 Å². The molecule has 0 radical (unpaired) electrons. The highest BCUT2D eigenvalue weighted by molar-refractivity contribution is 6.18. The third kappa shape index (κ3) is 5.00. The van der Waals surface area contributed by atoms with E-state index >= 15 is 0 Å². The molecule has 0 aromatic carbocycles. The Labute approximate surface area is 81.9 Å². The SMILES string of the molecule is CCC(CC)CNC(C)(C)CCl. The van der Waals surface area contributed by atoms with Crippen molar-refractivity contribution in [3.05, 3.63) is 0 Å². The summed E-state index contributed by atoms with van der Waals surface area (Å²) < 4.78 is 0. The van der Waals surface area contributed by atoms with Crippen molar-refractivity contribution >= 4 is 11.6 Å². The predicted octanol–water partition coefficient (Wildman–Crippen LogP) is 3.03. The van der Waals surface area contributed by atoms with Crippen molar-refractivity contribution < 1.29 is 0 Å². The average Bonchev–Trinajstić information content (AvgIpc) is 2.06. The quantitative estimate of drug-likeness (QED) is 0.637. The molecule has 0 aliphatic carbocycles. The van der Waals surface area contributed by atoms with Crippen LogP contribution in [0.25, 0.3) is 0 Å². The lowest BCUT2D eigenvalue weighted by Gasteiger charge is -2.26. The van der Waals surface area contributed by atoms with Gasteiger partial charge in [0.2, 0.25) is 0 Å². The van der Waals surface area contributed by atoms with Crippen molar-refractivity contribution in [1.82, 2.24) is 5.32 Å². The van der Waals surface area contributed by atoms with Gasteiger partial charge >= 0.3 is 0 Å². The van der Waals surface area contributed by atoms with Gasteiger partial charge in [0, 0.05) is 11.4 Å². The van der Waals surface area contributed by atoms with Gasteiger partial charge in [-0.05, 0) is 26.3 Å². The van der Waals surface area contributed by atoms with Crippen LogP contribution in [0.5, 0.6) is 0 Å². The first kappa shape index (κ1) is 12.2. The van der Waals surface area contributed by atoms with Gasteiger partial charge in [0.15, 0.2) is 0 Å². The second-order valence-corrected chi connectivity index (χ2v) is 4.35. The molecule has 0 saturated heterocycles. The summed E-state index contributed by atoms with van der Waals surface area (Å²) in [5, 5.41) is 3.48. The second-order valence-electron chi connectivity index (χ2n) is 4.08. The standard InChI is InChI=1S/C10H22ClN/c1-5-9(6-2)7-12-10(3,4)8-11/h9,12H,5-8H2,1-4H3. The molecule has 0 fully saturated rings. The Morgan fingerprint density at radius 3 is 2.08 bits per heavy atom.